The van der Waals surface area contributed by atoms with Crippen LogP contribution in [0.5, 0.6) is 0 Å². The minimum Gasteiger partial charge on any atom is -0.367 e. The Morgan fingerprint density at radius 2 is 2.07 bits per heavy atom. The monoisotopic (exact) mass is 386 g/mol. The van der Waals surface area contributed by atoms with Crippen molar-refractivity contribution in [2.24, 2.45) is 5.73 Å². The maximum Gasteiger partial charge on any atom is 0.251 e. The standard InChI is InChI=1S/C23H38N4O/c1-5-7-14-27(21(11-6-2)16-19(4)24)22-18(3)15-20(17-25-22)23(28)26-12-9-8-10-13-26/h6,11,15-16,19,25H,5,7-10,12-14,17,24H2,1-4H3/b11-6-,21-16+. The lowest BCUT2D eigenvalue weighted by Crippen LogP contribution is -2.42. The molecule has 2 aliphatic rings. The highest BCUT2D eigenvalue weighted by Gasteiger charge is 2.25. The van der Waals surface area contributed by atoms with Crippen molar-refractivity contribution in [2.75, 3.05) is 26.2 Å². The van der Waals surface area contributed by atoms with Crippen LogP contribution in [0.25, 0.3) is 0 Å². The van der Waals surface area contributed by atoms with Gasteiger partial charge in [-0.05, 0) is 70.3 Å². The second kappa shape index (κ2) is 11.1. The molecule has 0 aromatic heterocycles. The van der Waals surface area contributed by atoms with Gasteiger partial charge in [-0.25, -0.2) is 0 Å². The van der Waals surface area contributed by atoms with Crippen molar-refractivity contribution in [1.29, 1.82) is 0 Å². The largest absolute Gasteiger partial charge is 0.367 e. The van der Waals surface area contributed by atoms with E-state index in [4.69, 9.17) is 5.73 Å². The van der Waals surface area contributed by atoms with E-state index in [9.17, 15) is 4.79 Å². The first-order chi connectivity index (χ1) is 13.5. The predicted octanol–water partition coefficient (Wildman–Crippen LogP) is 3.67. The average Bonchev–Trinajstić information content (AvgIpc) is 2.69. The summed E-state index contributed by atoms with van der Waals surface area (Å²) in [5.41, 5.74) is 9.13. The first kappa shape index (κ1) is 22.3. The first-order valence-electron chi connectivity index (χ1n) is 10.8. The number of carbonyl (C=O) groups excluding carboxylic acids is 1. The lowest BCUT2D eigenvalue weighted by atomic mass is 10.0. The molecule has 156 valence electrons. The third-order valence-corrected chi connectivity index (χ3v) is 5.22. The number of amides is 1. The number of carbonyl (C=O) groups is 1. The van der Waals surface area contributed by atoms with Gasteiger partial charge < -0.3 is 20.9 Å². The lowest BCUT2D eigenvalue weighted by molar-refractivity contribution is -0.128. The summed E-state index contributed by atoms with van der Waals surface area (Å²) in [4.78, 5) is 17.2. The highest BCUT2D eigenvalue weighted by atomic mass is 16.2. The number of nitrogens with zero attached hydrogens (tertiary/aromatic N) is 2. The van der Waals surface area contributed by atoms with E-state index in [0.717, 1.165) is 68.0 Å². The normalized spacial score (nSPS) is 19.5. The van der Waals surface area contributed by atoms with Gasteiger partial charge in [-0.2, -0.15) is 0 Å². The fourth-order valence-electron chi connectivity index (χ4n) is 3.81. The van der Waals surface area contributed by atoms with Gasteiger partial charge >= 0.3 is 0 Å². The summed E-state index contributed by atoms with van der Waals surface area (Å²) in [6, 6.07) is -0.0217. The topological polar surface area (TPSA) is 61.6 Å². The molecule has 0 spiro atoms. The Bertz CT molecular complexity index is 652. The van der Waals surface area contributed by atoms with E-state index in [1.54, 1.807) is 0 Å². The smallest absolute Gasteiger partial charge is 0.251 e. The number of hydrogen-bond acceptors (Lipinski definition) is 4. The van der Waals surface area contributed by atoms with Gasteiger partial charge in [0.2, 0.25) is 0 Å². The van der Waals surface area contributed by atoms with Crippen LogP contribution in [0.4, 0.5) is 0 Å². The second-order valence-corrected chi connectivity index (χ2v) is 7.86. The number of hydrogen-bond donors (Lipinski definition) is 2. The first-order valence-corrected chi connectivity index (χ1v) is 10.8. The van der Waals surface area contributed by atoms with Crippen molar-refractivity contribution >= 4 is 5.91 Å². The number of rotatable bonds is 8. The molecular formula is C23H38N4O. The van der Waals surface area contributed by atoms with Gasteiger partial charge in [0, 0.05) is 43.5 Å². The number of likely N-dealkylation sites (tertiary alicyclic amines) is 1. The van der Waals surface area contributed by atoms with E-state index in [1.165, 1.54) is 6.42 Å². The van der Waals surface area contributed by atoms with Gasteiger partial charge in [-0.3, -0.25) is 4.79 Å². The molecule has 0 aromatic rings. The summed E-state index contributed by atoms with van der Waals surface area (Å²) >= 11 is 0. The Hall–Kier alpha value is -2.01. The Morgan fingerprint density at radius 3 is 2.64 bits per heavy atom. The molecule has 1 unspecified atom stereocenters. The predicted molar refractivity (Wildman–Crippen MR) is 117 cm³/mol. The maximum absolute atomic E-state index is 12.9. The van der Waals surface area contributed by atoms with E-state index in [2.05, 4.69) is 42.3 Å². The van der Waals surface area contributed by atoms with Crippen LogP contribution in [0, 0.1) is 0 Å². The van der Waals surface area contributed by atoms with Crippen molar-refractivity contribution in [1.82, 2.24) is 15.1 Å². The molecule has 1 saturated heterocycles. The van der Waals surface area contributed by atoms with Gasteiger partial charge in [0.15, 0.2) is 0 Å². The molecule has 1 atom stereocenters. The van der Waals surface area contributed by atoms with Crippen LogP contribution in [-0.2, 0) is 4.79 Å². The summed E-state index contributed by atoms with van der Waals surface area (Å²) in [5.74, 6) is 1.26. The zero-order valence-corrected chi connectivity index (χ0v) is 18.1. The number of nitrogens with two attached hydrogens (primary N) is 1. The molecule has 28 heavy (non-hydrogen) atoms. The zero-order chi connectivity index (χ0) is 20.5. The molecule has 3 N–H and O–H groups in total. The Labute approximate surface area is 171 Å². The van der Waals surface area contributed by atoms with Crippen LogP contribution in [0.3, 0.4) is 0 Å². The van der Waals surface area contributed by atoms with Gasteiger partial charge in [-0.1, -0.05) is 19.4 Å². The van der Waals surface area contributed by atoms with E-state index < -0.39 is 0 Å². The molecule has 2 aliphatic heterocycles. The van der Waals surface area contributed by atoms with Crippen molar-refractivity contribution in [3.63, 3.8) is 0 Å². The summed E-state index contributed by atoms with van der Waals surface area (Å²) in [5, 5.41) is 3.53. The molecule has 0 saturated carbocycles. The van der Waals surface area contributed by atoms with Crippen LogP contribution in [0.2, 0.25) is 0 Å². The SMILES string of the molecule is C/C=C\C(=C/C(C)N)N(CCCC)C1=C(C)C=C(C(=O)N2CCCCC2)CN1. The molecule has 1 amide bonds. The van der Waals surface area contributed by atoms with E-state index in [0.29, 0.717) is 6.54 Å². The molecule has 0 bridgehead atoms. The van der Waals surface area contributed by atoms with Crippen LogP contribution in [0.15, 0.2) is 47.0 Å². The van der Waals surface area contributed by atoms with Gasteiger partial charge in [0.1, 0.15) is 5.82 Å². The summed E-state index contributed by atoms with van der Waals surface area (Å²) in [6.07, 6.45) is 14.0. The number of unbranched alkanes of at least 4 members (excludes halogenated alkanes) is 1. The molecule has 2 rings (SSSR count). The molecule has 1 fully saturated rings. The van der Waals surface area contributed by atoms with Gasteiger partial charge in [-0.15, -0.1) is 0 Å². The van der Waals surface area contributed by atoms with Gasteiger partial charge in [0.05, 0.1) is 0 Å². The minimum absolute atomic E-state index is 0.0217. The van der Waals surface area contributed by atoms with Crippen LogP contribution >= 0.6 is 0 Å². The number of nitrogens with one attached hydrogen (secondary N) is 1. The van der Waals surface area contributed by atoms with Crippen molar-refractivity contribution < 1.29 is 4.79 Å². The average molecular weight is 387 g/mol. The molecule has 5 nitrogen and oxygen atoms in total. The third kappa shape index (κ3) is 5.99. The summed E-state index contributed by atoms with van der Waals surface area (Å²) < 4.78 is 0. The summed E-state index contributed by atoms with van der Waals surface area (Å²) in [7, 11) is 0. The number of allylic oxidation sites excluding steroid dienone is 4. The molecule has 0 radical (unpaired) electrons. The maximum atomic E-state index is 12.9. The Balaban J connectivity index is 2.29. The van der Waals surface area contributed by atoms with Crippen LogP contribution in [0.1, 0.15) is 59.8 Å². The van der Waals surface area contributed by atoms with Gasteiger partial charge in [0.25, 0.3) is 5.91 Å². The highest BCUT2D eigenvalue weighted by Crippen LogP contribution is 2.23. The van der Waals surface area contributed by atoms with E-state index in [-0.39, 0.29) is 11.9 Å². The molecule has 2 heterocycles. The van der Waals surface area contributed by atoms with E-state index in [1.807, 2.05) is 24.8 Å². The minimum atomic E-state index is -0.0217. The van der Waals surface area contributed by atoms with Crippen LogP contribution < -0.4 is 11.1 Å². The molecule has 5 heteroatoms. The fourth-order valence-corrected chi connectivity index (χ4v) is 3.81. The lowest BCUT2D eigenvalue weighted by Gasteiger charge is -2.34. The molecule has 0 aliphatic carbocycles. The van der Waals surface area contributed by atoms with E-state index >= 15 is 0 Å². The molecule has 0 aromatic carbocycles. The number of piperidine rings is 1. The van der Waals surface area contributed by atoms with Crippen LogP contribution in [-0.4, -0.2) is 47.9 Å². The quantitative estimate of drug-likeness (QED) is 0.625. The third-order valence-electron chi connectivity index (χ3n) is 5.22. The summed E-state index contributed by atoms with van der Waals surface area (Å²) in [6.45, 7) is 11.6. The molecular weight excluding hydrogens is 348 g/mol. The Kier molecular flexibility index (Phi) is 8.84. The zero-order valence-electron chi connectivity index (χ0n) is 18.1. The fraction of sp³-hybridized carbons (Fsp3) is 0.609. The van der Waals surface area contributed by atoms with Crippen molar-refractivity contribution in [2.45, 2.75) is 65.8 Å². The highest BCUT2D eigenvalue weighted by molar-refractivity contribution is 5.94. The van der Waals surface area contributed by atoms with Crippen molar-refractivity contribution in [3.8, 4) is 0 Å². The van der Waals surface area contributed by atoms with Crippen molar-refractivity contribution in [3.05, 3.63) is 47.0 Å². The Morgan fingerprint density at radius 1 is 1.36 bits per heavy atom. The second-order valence-electron chi connectivity index (χ2n) is 7.86. The number of dihydropyridines is 1.